The van der Waals surface area contributed by atoms with E-state index >= 15 is 0 Å². The summed E-state index contributed by atoms with van der Waals surface area (Å²) in [6, 6.07) is 15.9. The van der Waals surface area contributed by atoms with E-state index in [0.29, 0.717) is 12.1 Å². The molecule has 1 N–H and O–H groups in total. The lowest BCUT2D eigenvalue weighted by molar-refractivity contribution is -0.123. The summed E-state index contributed by atoms with van der Waals surface area (Å²) < 4.78 is 25.5. The summed E-state index contributed by atoms with van der Waals surface area (Å²) in [5, 5.41) is 2.84. The molecule has 3 rings (SSSR count). The second kappa shape index (κ2) is 7.15. The number of anilines is 1. The van der Waals surface area contributed by atoms with Gasteiger partial charge < -0.3 is 5.32 Å². The number of nitrogens with zero attached hydrogens (tertiary/aromatic N) is 1. The van der Waals surface area contributed by atoms with Gasteiger partial charge in [-0.05, 0) is 50.1 Å². The van der Waals surface area contributed by atoms with Crippen molar-refractivity contribution in [3.63, 3.8) is 0 Å². The van der Waals surface area contributed by atoms with E-state index in [2.05, 4.69) is 5.32 Å². The number of benzene rings is 2. The van der Waals surface area contributed by atoms with Crippen molar-refractivity contribution in [1.29, 1.82) is 0 Å². The fraction of sp³-hybridized carbons (Fsp3) is 0.300. The highest BCUT2D eigenvalue weighted by Crippen LogP contribution is 2.35. The molecule has 0 saturated carbocycles. The van der Waals surface area contributed by atoms with Crippen molar-refractivity contribution in [2.24, 2.45) is 5.41 Å². The molecule has 1 saturated heterocycles. The smallest absolute Gasteiger partial charge is 0.251 e. The van der Waals surface area contributed by atoms with Crippen molar-refractivity contribution >= 4 is 27.5 Å². The van der Waals surface area contributed by atoms with Crippen molar-refractivity contribution in [3.8, 4) is 0 Å². The fourth-order valence-corrected chi connectivity index (χ4v) is 5.18. The zero-order valence-corrected chi connectivity index (χ0v) is 16.1. The Balaban J connectivity index is 1.66. The molecule has 0 aliphatic carbocycles. The monoisotopic (exact) mass is 386 g/mol. The van der Waals surface area contributed by atoms with Crippen molar-refractivity contribution in [2.45, 2.75) is 20.3 Å². The molecule has 1 heterocycles. The van der Waals surface area contributed by atoms with Crippen LogP contribution in [0.15, 0.2) is 54.6 Å². The van der Waals surface area contributed by atoms with Gasteiger partial charge in [0.05, 0.1) is 16.9 Å². The first-order chi connectivity index (χ1) is 12.7. The molecule has 0 atom stereocenters. The number of carbonyl (C=O) groups is 2. The maximum absolute atomic E-state index is 12.4. The van der Waals surface area contributed by atoms with Crippen LogP contribution in [-0.4, -0.2) is 32.5 Å². The van der Waals surface area contributed by atoms with Crippen LogP contribution >= 0.6 is 0 Å². The largest absolute Gasteiger partial charge is 0.352 e. The van der Waals surface area contributed by atoms with Crippen LogP contribution in [0, 0.1) is 5.41 Å². The predicted molar refractivity (Wildman–Crippen MR) is 104 cm³/mol. The van der Waals surface area contributed by atoms with Gasteiger partial charge >= 0.3 is 0 Å². The molecule has 1 aliphatic rings. The third kappa shape index (κ3) is 4.03. The third-order valence-electron chi connectivity index (χ3n) is 4.49. The van der Waals surface area contributed by atoms with E-state index in [0.717, 1.165) is 16.3 Å². The molecule has 0 unspecified atom stereocenters. The summed E-state index contributed by atoms with van der Waals surface area (Å²) in [6.07, 6.45) is 0.722. The Morgan fingerprint density at radius 3 is 2.26 bits per heavy atom. The number of carbonyl (C=O) groups excluding carboxylic acids is 2. The Morgan fingerprint density at radius 1 is 1.07 bits per heavy atom. The molecular weight excluding hydrogens is 364 g/mol. The highest BCUT2D eigenvalue weighted by atomic mass is 32.2. The van der Waals surface area contributed by atoms with E-state index in [-0.39, 0.29) is 17.3 Å². The molecule has 2 aromatic rings. The molecule has 27 heavy (non-hydrogen) atoms. The number of amides is 2. The van der Waals surface area contributed by atoms with Crippen molar-refractivity contribution < 1.29 is 18.0 Å². The van der Waals surface area contributed by atoms with Crippen LogP contribution < -0.4 is 9.62 Å². The Morgan fingerprint density at radius 2 is 1.70 bits per heavy atom. The van der Waals surface area contributed by atoms with Crippen molar-refractivity contribution in [3.05, 3.63) is 65.7 Å². The van der Waals surface area contributed by atoms with Gasteiger partial charge in [0.1, 0.15) is 0 Å². The van der Waals surface area contributed by atoms with Gasteiger partial charge in [0, 0.05) is 12.1 Å². The first kappa shape index (κ1) is 19.1. The molecule has 2 amide bonds. The van der Waals surface area contributed by atoms with E-state index in [1.165, 1.54) is 24.3 Å². The van der Waals surface area contributed by atoms with E-state index in [4.69, 9.17) is 0 Å². The van der Waals surface area contributed by atoms with E-state index < -0.39 is 21.3 Å². The number of rotatable bonds is 5. The van der Waals surface area contributed by atoms with Crippen LogP contribution in [-0.2, 0) is 21.2 Å². The summed E-state index contributed by atoms with van der Waals surface area (Å²) in [7, 11) is -3.69. The number of hydrogen-bond acceptors (Lipinski definition) is 4. The van der Waals surface area contributed by atoms with Crippen LogP contribution in [0.2, 0.25) is 0 Å². The molecule has 1 aliphatic heterocycles. The summed E-state index contributed by atoms with van der Waals surface area (Å²) >= 11 is 0. The molecule has 142 valence electrons. The fourth-order valence-electron chi connectivity index (χ4n) is 3.08. The summed E-state index contributed by atoms with van der Waals surface area (Å²) in [5.74, 6) is -0.920. The highest BCUT2D eigenvalue weighted by Gasteiger charge is 2.49. The predicted octanol–water partition coefficient (Wildman–Crippen LogP) is 2.36. The van der Waals surface area contributed by atoms with E-state index in [9.17, 15) is 18.0 Å². The Labute approximate surface area is 159 Å². The molecule has 0 radical (unpaired) electrons. The molecule has 0 spiro atoms. The normalized spacial score (nSPS) is 17.7. The average molecular weight is 386 g/mol. The number of sulfonamides is 1. The Kier molecular flexibility index (Phi) is 5.06. The standard InChI is InChI=1S/C20H22N2O4S/c1-20(2)14-27(25,26)22(19(20)24)17-10-8-16(9-11-17)18(23)21-13-12-15-6-4-3-5-7-15/h3-11H,12-14H2,1-2H3,(H,21,23). The minimum atomic E-state index is -3.69. The summed E-state index contributed by atoms with van der Waals surface area (Å²) in [5.41, 5.74) is 0.849. The van der Waals surface area contributed by atoms with Gasteiger partial charge in [-0.1, -0.05) is 30.3 Å². The van der Waals surface area contributed by atoms with Gasteiger partial charge in [-0.2, -0.15) is 0 Å². The summed E-state index contributed by atoms with van der Waals surface area (Å²) in [6.45, 7) is 3.72. The minimum absolute atomic E-state index is 0.222. The second-order valence-electron chi connectivity index (χ2n) is 7.25. The number of nitrogens with one attached hydrogen (secondary N) is 1. The molecule has 2 aromatic carbocycles. The quantitative estimate of drug-likeness (QED) is 0.855. The maximum Gasteiger partial charge on any atom is 0.251 e. The Bertz CT molecular complexity index is 951. The lowest BCUT2D eigenvalue weighted by Gasteiger charge is -2.17. The molecule has 7 heteroatoms. The van der Waals surface area contributed by atoms with Gasteiger partial charge in [0.2, 0.25) is 15.9 Å². The zero-order valence-electron chi connectivity index (χ0n) is 15.3. The zero-order chi connectivity index (χ0) is 19.7. The van der Waals surface area contributed by atoms with Gasteiger partial charge in [-0.25, -0.2) is 12.7 Å². The topological polar surface area (TPSA) is 83.6 Å². The maximum atomic E-state index is 12.4. The van der Waals surface area contributed by atoms with Gasteiger partial charge in [0.15, 0.2) is 0 Å². The molecule has 6 nitrogen and oxygen atoms in total. The third-order valence-corrected chi connectivity index (χ3v) is 6.51. The van der Waals surface area contributed by atoms with Crippen LogP contribution in [0.3, 0.4) is 0 Å². The van der Waals surface area contributed by atoms with Gasteiger partial charge in [0.25, 0.3) is 5.91 Å². The van der Waals surface area contributed by atoms with E-state index in [1.807, 2.05) is 30.3 Å². The second-order valence-corrected chi connectivity index (χ2v) is 9.07. The first-order valence-corrected chi connectivity index (χ1v) is 10.3. The molecule has 0 aromatic heterocycles. The SMILES string of the molecule is CC1(C)CS(=O)(=O)N(c2ccc(C(=O)NCCc3ccccc3)cc2)C1=O. The van der Waals surface area contributed by atoms with Crippen LogP contribution in [0.4, 0.5) is 5.69 Å². The lowest BCUT2D eigenvalue weighted by atomic mass is 9.95. The van der Waals surface area contributed by atoms with Crippen molar-refractivity contribution in [2.75, 3.05) is 16.6 Å². The molecular formula is C20H22N2O4S. The minimum Gasteiger partial charge on any atom is -0.352 e. The van der Waals surface area contributed by atoms with Gasteiger partial charge in [-0.3, -0.25) is 9.59 Å². The van der Waals surface area contributed by atoms with Crippen LogP contribution in [0.25, 0.3) is 0 Å². The molecule has 1 fully saturated rings. The van der Waals surface area contributed by atoms with Crippen LogP contribution in [0.5, 0.6) is 0 Å². The summed E-state index contributed by atoms with van der Waals surface area (Å²) in [4.78, 5) is 24.7. The van der Waals surface area contributed by atoms with Gasteiger partial charge in [-0.15, -0.1) is 0 Å². The first-order valence-electron chi connectivity index (χ1n) is 8.70. The average Bonchev–Trinajstić information content (AvgIpc) is 2.78. The van der Waals surface area contributed by atoms with E-state index in [1.54, 1.807) is 13.8 Å². The highest BCUT2D eigenvalue weighted by molar-refractivity contribution is 7.94. The van der Waals surface area contributed by atoms with Crippen molar-refractivity contribution in [1.82, 2.24) is 5.32 Å². The van der Waals surface area contributed by atoms with Crippen LogP contribution in [0.1, 0.15) is 29.8 Å². The molecule has 0 bridgehead atoms. The Hall–Kier alpha value is -2.67. The lowest BCUT2D eigenvalue weighted by Crippen LogP contribution is -2.33. The number of hydrogen-bond donors (Lipinski definition) is 1.